The first kappa shape index (κ1) is 41.2. The summed E-state index contributed by atoms with van der Waals surface area (Å²) in [5, 5.41) is 0. The Bertz CT molecular complexity index is 58.0. The summed E-state index contributed by atoms with van der Waals surface area (Å²) >= 11 is 0. The molecule has 0 atom stereocenters. The summed E-state index contributed by atoms with van der Waals surface area (Å²) < 4.78 is 5.00. The summed E-state index contributed by atoms with van der Waals surface area (Å²) in [5.74, 6) is 0. The molecule has 0 aromatic rings. The van der Waals surface area contributed by atoms with Gasteiger partial charge in [-0.15, -0.1) is 0 Å². The molecule has 0 aliphatic heterocycles. The minimum Gasteiger partial charge on any atom is -0.377 e. The van der Waals surface area contributed by atoms with Crippen LogP contribution in [0.3, 0.4) is 0 Å². The number of hydrogen-bond acceptors (Lipinski definition) is 1. The van der Waals surface area contributed by atoms with Crippen LogP contribution in [-0.2, 0) is 4.74 Å². The van der Waals surface area contributed by atoms with E-state index in [2.05, 4.69) is 6.58 Å². The summed E-state index contributed by atoms with van der Waals surface area (Å²) in [4.78, 5) is 0. The molecule has 0 radical (unpaired) electrons. The molecule has 0 spiro atoms. The molecule has 1 nitrogen and oxygen atoms in total. The maximum Gasteiger partial charge on any atom is 0.0671 e. The van der Waals surface area contributed by atoms with E-state index < -0.39 is 0 Å². The van der Waals surface area contributed by atoms with Crippen LogP contribution in [0.15, 0.2) is 12.2 Å². The Kier molecular flexibility index (Phi) is 106. The van der Waals surface area contributed by atoms with Crippen molar-refractivity contribution in [1.29, 1.82) is 0 Å². The van der Waals surface area contributed by atoms with Gasteiger partial charge >= 0.3 is 0 Å². The smallest absolute Gasteiger partial charge is 0.0671 e. The van der Waals surface area contributed by atoms with Gasteiger partial charge in [0.05, 0.1) is 6.61 Å². The van der Waals surface area contributed by atoms with Gasteiger partial charge < -0.3 is 4.74 Å². The van der Waals surface area contributed by atoms with E-state index in [1.807, 2.05) is 13.8 Å². The van der Waals surface area contributed by atoms with Crippen molar-refractivity contribution in [3.05, 3.63) is 12.2 Å². The molecule has 82 valence electrons. The van der Waals surface area contributed by atoms with Crippen molar-refractivity contribution in [2.45, 2.75) is 51.0 Å². The van der Waals surface area contributed by atoms with Gasteiger partial charge in [-0.25, -0.2) is 0 Å². The van der Waals surface area contributed by atoms with Gasteiger partial charge in [-0.3, -0.25) is 0 Å². The number of rotatable bonds is 3. The van der Waals surface area contributed by atoms with E-state index in [0.717, 1.165) is 12.2 Å². The molecular formula is C11H32O. The van der Waals surface area contributed by atoms with Gasteiger partial charge in [0.2, 0.25) is 0 Å². The first-order chi connectivity index (χ1) is 3.27. The Morgan fingerprint density at radius 2 is 1.42 bits per heavy atom. The Hall–Kier alpha value is -0.300. The van der Waals surface area contributed by atoms with Crippen LogP contribution in [0, 0.1) is 0 Å². The van der Waals surface area contributed by atoms with E-state index in [1.54, 1.807) is 0 Å². The highest BCUT2D eigenvalue weighted by Gasteiger charge is 1.79. The van der Waals surface area contributed by atoms with Gasteiger partial charge in [0, 0.05) is 6.61 Å². The van der Waals surface area contributed by atoms with E-state index in [1.165, 1.54) is 0 Å². The lowest BCUT2D eigenvalue weighted by atomic mass is 10.4. The van der Waals surface area contributed by atoms with Crippen LogP contribution >= 0.6 is 0 Å². The summed E-state index contributed by atoms with van der Waals surface area (Å²) in [7, 11) is 0. The zero-order valence-electron chi connectivity index (χ0n) is 5.03. The fraction of sp³-hybridized carbons (Fsp3) is 0.818. The Morgan fingerprint density at radius 3 is 1.50 bits per heavy atom. The molecule has 0 aromatic heterocycles. The average Bonchev–Trinajstić information content (AvgIpc) is 1.61. The van der Waals surface area contributed by atoms with Crippen molar-refractivity contribution in [3.8, 4) is 0 Å². The molecule has 0 amide bonds. The van der Waals surface area contributed by atoms with Crippen molar-refractivity contribution >= 4 is 0 Å². The van der Waals surface area contributed by atoms with Crippen molar-refractivity contribution in [1.82, 2.24) is 0 Å². The lowest BCUT2D eigenvalue weighted by Crippen LogP contribution is -1.92. The molecule has 0 unspecified atom stereocenters. The van der Waals surface area contributed by atoms with Crippen molar-refractivity contribution in [2.24, 2.45) is 0 Å². The molecule has 0 saturated heterocycles. The first-order valence-corrected chi connectivity index (χ1v) is 2.49. The highest BCUT2D eigenvalue weighted by Crippen LogP contribution is 1.85. The highest BCUT2D eigenvalue weighted by molar-refractivity contribution is 4.87. The maximum atomic E-state index is 5.00. The lowest BCUT2D eigenvalue weighted by molar-refractivity contribution is 0.171. The van der Waals surface area contributed by atoms with Crippen LogP contribution in [0.2, 0.25) is 0 Å². The van der Waals surface area contributed by atoms with Crippen LogP contribution in [0.4, 0.5) is 0 Å². The van der Waals surface area contributed by atoms with E-state index in [0.29, 0.717) is 6.61 Å². The third kappa shape index (κ3) is 53.6. The SMILES string of the molecule is C.C.C.C.C.C=C(C)COCC. The van der Waals surface area contributed by atoms with Crippen LogP contribution in [-0.4, -0.2) is 13.2 Å². The van der Waals surface area contributed by atoms with Gasteiger partial charge in [0.15, 0.2) is 0 Å². The molecule has 12 heavy (non-hydrogen) atoms. The Balaban J connectivity index is -0.0000000180. The van der Waals surface area contributed by atoms with E-state index in [-0.39, 0.29) is 37.1 Å². The fourth-order valence-corrected chi connectivity index (χ4v) is 0.276. The summed E-state index contributed by atoms with van der Waals surface area (Å²) in [6.45, 7) is 9.09. The highest BCUT2D eigenvalue weighted by atomic mass is 16.5. The second-order valence-corrected chi connectivity index (χ2v) is 1.59. The molecule has 0 heterocycles. The topological polar surface area (TPSA) is 9.23 Å². The number of ether oxygens (including phenoxy) is 1. The molecule has 1 heteroatoms. The molecule has 0 aromatic carbocycles. The third-order valence-electron chi connectivity index (χ3n) is 0.553. The van der Waals surface area contributed by atoms with Crippen LogP contribution < -0.4 is 0 Å². The predicted octanol–water partition coefficient (Wildman–Crippen LogP) is 4.78. The Morgan fingerprint density at radius 1 is 1.08 bits per heavy atom. The molecule has 0 bridgehead atoms. The second-order valence-electron chi connectivity index (χ2n) is 1.59. The van der Waals surface area contributed by atoms with Gasteiger partial charge in [-0.2, -0.15) is 0 Å². The average molecular weight is 180 g/mol. The molecule has 0 aliphatic rings. The second kappa shape index (κ2) is 31.0. The van der Waals surface area contributed by atoms with E-state index in [4.69, 9.17) is 4.74 Å². The molecule has 0 N–H and O–H groups in total. The van der Waals surface area contributed by atoms with Crippen LogP contribution in [0.25, 0.3) is 0 Å². The molecule has 0 saturated carbocycles. The van der Waals surface area contributed by atoms with Gasteiger partial charge in [0.1, 0.15) is 0 Å². The molecular weight excluding hydrogens is 148 g/mol. The Labute approximate surface area is 81.8 Å². The van der Waals surface area contributed by atoms with Gasteiger partial charge in [-0.1, -0.05) is 49.3 Å². The first-order valence-electron chi connectivity index (χ1n) is 2.49. The van der Waals surface area contributed by atoms with Crippen molar-refractivity contribution in [2.75, 3.05) is 13.2 Å². The standard InChI is InChI=1S/C6H12O.5CH4/c1-4-7-5-6(2)3;;;;;/h2,4-5H2,1,3H3;5*1H4. The van der Waals surface area contributed by atoms with Crippen molar-refractivity contribution in [3.63, 3.8) is 0 Å². The van der Waals surface area contributed by atoms with Crippen LogP contribution in [0.5, 0.6) is 0 Å². The van der Waals surface area contributed by atoms with E-state index in [9.17, 15) is 0 Å². The monoisotopic (exact) mass is 180 g/mol. The third-order valence-corrected chi connectivity index (χ3v) is 0.553. The predicted molar refractivity (Wildman–Crippen MR) is 65.0 cm³/mol. The zero-order valence-corrected chi connectivity index (χ0v) is 5.03. The van der Waals surface area contributed by atoms with Crippen molar-refractivity contribution < 1.29 is 4.74 Å². The molecule has 0 rings (SSSR count). The van der Waals surface area contributed by atoms with Gasteiger partial charge in [-0.05, 0) is 13.8 Å². The zero-order chi connectivity index (χ0) is 5.70. The van der Waals surface area contributed by atoms with Gasteiger partial charge in [0.25, 0.3) is 0 Å². The van der Waals surface area contributed by atoms with E-state index >= 15 is 0 Å². The van der Waals surface area contributed by atoms with Crippen LogP contribution in [0.1, 0.15) is 51.0 Å². The largest absolute Gasteiger partial charge is 0.377 e. The number of hydrogen-bond donors (Lipinski definition) is 0. The molecule has 0 aliphatic carbocycles. The minimum absolute atomic E-state index is 0. The minimum atomic E-state index is 0. The quantitative estimate of drug-likeness (QED) is 0.568. The summed E-state index contributed by atoms with van der Waals surface area (Å²) in [5.41, 5.74) is 1.09. The fourth-order valence-electron chi connectivity index (χ4n) is 0.276. The normalized spacial score (nSPS) is 5.17. The molecule has 0 fully saturated rings. The summed E-state index contributed by atoms with van der Waals surface area (Å²) in [6.07, 6.45) is 0. The maximum absolute atomic E-state index is 5.00. The summed E-state index contributed by atoms with van der Waals surface area (Å²) in [6, 6.07) is 0. The lowest BCUT2D eigenvalue weighted by Gasteiger charge is -1.95.